The fourth-order valence-electron chi connectivity index (χ4n) is 1.00. The van der Waals surface area contributed by atoms with E-state index in [1.165, 1.54) is 5.56 Å². The standard InChI is InChI=1S/C9H10I2O/c1-5(2)6-3-4-7(10)9(12)8(6)11/h3-5,12H,1-2H3. The monoisotopic (exact) mass is 388 g/mol. The van der Waals surface area contributed by atoms with Crippen LogP contribution in [-0.2, 0) is 0 Å². The van der Waals surface area contributed by atoms with E-state index < -0.39 is 0 Å². The van der Waals surface area contributed by atoms with E-state index in [0.29, 0.717) is 11.7 Å². The highest BCUT2D eigenvalue weighted by Gasteiger charge is 2.10. The second-order valence-corrected chi connectivity index (χ2v) is 5.19. The van der Waals surface area contributed by atoms with E-state index in [-0.39, 0.29) is 0 Å². The van der Waals surface area contributed by atoms with Gasteiger partial charge in [-0.1, -0.05) is 19.9 Å². The molecule has 0 amide bonds. The fourth-order valence-corrected chi connectivity index (χ4v) is 3.06. The molecule has 0 bridgehead atoms. The molecular weight excluding hydrogens is 378 g/mol. The predicted molar refractivity (Wildman–Crippen MR) is 67.6 cm³/mol. The number of hydrogen-bond acceptors (Lipinski definition) is 1. The van der Waals surface area contributed by atoms with Crippen molar-refractivity contribution in [2.75, 3.05) is 0 Å². The predicted octanol–water partition coefficient (Wildman–Crippen LogP) is 3.72. The van der Waals surface area contributed by atoms with Gasteiger partial charge in [0.1, 0.15) is 5.75 Å². The Morgan fingerprint density at radius 1 is 1.25 bits per heavy atom. The van der Waals surface area contributed by atoms with Gasteiger partial charge in [-0.15, -0.1) is 0 Å². The number of halogens is 2. The lowest BCUT2D eigenvalue weighted by atomic mass is 10.0. The highest BCUT2D eigenvalue weighted by molar-refractivity contribution is 14.1. The molecule has 0 atom stereocenters. The summed E-state index contributed by atoms with van der Waals surface area (Å²) in [6, 6.07) is 4.03. The van der Waals surface area contributed by atoms with Gasteiger partial charge in [-0.3, -0.25) is 0 Å². The van der Waals surface area contributed by atoms with Crippen molar-refractivity contribution in [3.63, 3.8) is 0 Å². The second kappa shape index (κ2) is 4.13. The molecule has 1 aromatic carbocycles. The van der Waals surface area contributed by atoms with Crippen molar-refractivity contribution in [3.8, 4) is 5.75 Å². The van der Waals surface area contributed by atoms with Crippen LogP contribution in [0.25, 0.3) is 0 Å². The first-order valence-corrected chi connectivity index (χ1v) is 5.86. The summed E-state index contributed by atoms with van der Waals surface area (Å²) in [5, 5.41) is 9.62. The first-order chi connectivity index (χ1) is 5.54. The number of hydrogen-bond donors (Lipinski definition) is 1. The summed E-state index contributed by atoms with van der Waals surface area (Å²) in [6.45, 7) is 4.26. The quantitative estimate of drug-likeness (QED) is 0.728. The Balaban J connectivity index is 3.27. The largest absolute Gasteiger partial charge is 0.506 e. The Bertz CT molecular complexity index is 295. The SMILES string of the molecule is CC(C)c1ccc(I)c(O)c1I. The van der Waals surface area contributed by atoms with E-state index in [4.69, 9.17) is 0 Å². The van der Waals surface area contributed by atoms with Gasteiger partial charge in [0.2, 0.25) is 0 Å². The van der Waals surface area contributed by atoms with E-state index in [1.54, 1.807) is 0 Å². The molecule has 0 unspecified atom stereocenters. The lowest BCUT2D eigenvalue weighted by Gasteiger charge is -2.10. The normalized spacial score (nSPS) is 10.8. The smallest absolute Gasteiger partial charge is 0.142 e. The van der Waals surface area contributed by atoms with Gasteiger partial charge < -0.3 is 5.11 Å². The van der Waals surface area contributed by atoms with Crippen molar-refractivity contribution >= 4 is 45.2 Å². The zero-order valence-corrected chi connectivity index (χ0v) is 11.3. The minimum absolute atomic E-state index is 0.419. The van der Waals surface area contributed by atoms with Gasteiger partial charge in [0.25, 0.3) is 0 Å². The van der Waals surface area contributed by atoms with Crippen LogP contribution in [0.2, 0.25) is 0 Å². The molecule has 0 heterocycles. The minimum Gasteiger partial charge on any atom is -0.506 e. The first kappa shape index (κ1) is 10.6. The van der Waals surface area contributed by atoms with E-state index in [1.807, 2.05) is 6.07 Å². The maximum absolute atomic E-state index is 9.62. The molecule has 1 aromatic rings. The van der Waals surface area contributed by atoms with Crippen LogP contribution < -0.4 is 0 Å². The summed E-state index contributed by atoms with van der Waals surface area (Å²) >= 11 is 4.33. The Kier molecular flexibility index (Phi) is 3.63. The topological polar surface area (TPSA) is 20.2 Å². The molecule has 0 saturated carbocycles. The maximum Gasteiger partial charge on any atom is 0.142 e. The third-order valence-electron chi connectivity index (χ3n) is 1.72. The minimum atomic E-state index is 0.419. The lowest BCUT2D eigenvalue weighted by molar-refractivity contribution is 0.466. The number of aromatic hydroxyl groups is 1. The molecular formula is C9H10I2O. The molecule has 0 aliphatic rings. The number of phenolic OH excluding ortho intramolecular Hbond substituents is 1. The average Bonchev–Trinajstić information content (AvgIpc) is 2.00. The van der Waals surface area contributed by atoms with Crippen LogP contribution in [0, 0.1) is 7.14 Å². The Morgan fingerprint density at radius 3 is 2.33 bits per heavy atom. The van der Waals surface area contributed by atoms with Crippen LogP contribution in [0.15, 0.2) is 12.1 Å². The van der Waals surface area contributed by atoms with Gasteiger partial charge >= 0.3 is 0 Å². The van der Waals surface area contributed by atoms with Crippen LogP contribution in [0.3, 0.4) is 0 Å². The molecule has 12 heavy (non-hydrogen) atoms. The van der Waals surface area contributed by atoms with Gasteiger partial charge in [-0.2, -0.15) is 0 Å². The first-order valence-electron chi connectivity index (χ1n) is 3.71. The molecule has 0 saturated heterocycles. The van der Waals surface area contributed by atoms with Crippen molar-refractivity contribution < 1.29 is 5.11 Å². The molecule has 1 rings (SSSR count). The third-order valence-corrected chi connectivity index (χ3v) is 3.72. The zero-order chi connectivity index (χ0) is 9.30. The van der Waals surface area contributed by atoms with Gasteiger partial charge in [-0.25, -0.2) is 0 Å². The van der Waals surface area contributed by atoms with Crippen molar-refractivity contribution in [3.05, 3.63) is 24.8 Å². The van der Waals surface area contributed by atoms with Crippen molar-refractivity contribution in [2.45, 2.75) is 19.8 Å². The van der Waals surface area contributed by atoms with E-state index in [2.05, 4.69) is 65.1 Å². The number of rotatable bonds is 1. The highest BCUT2D eigenvalue weighted by atomic mass is 127. The molecule has 1 nitrogen and oxygen atoms in total. The molecule has 0 aliphatic heterocycles. The third kappa shape index (κ3) is 2.04. The van der Waals surface area contributed by atoms with Crippen LogP contribution in [0.1, 0.15) is 25.3 Å². The number of phenols is 1. The fraction of sp³-hybridized carbons (Fsp3) is 0.333. The van der Waals surface area contributed by atoms with Crippen LogP contribution in [-0.4, -0.2) is 5.11 Å². The van der Waals surface area contributed by atoms with E-state index >= 15 is 0 Å². The molecule has 1 N–H and O–H groups in total. The van der Waals surface area contributed by atoms with E-state index in [9.17, 15) is 5.11 Å². The van der Waals surface area contributed by atoms with E-state index in [0.717, 1.165) is 7.14 Å². The Hall–Kier alpha value is 0.480. The molecule has 66 valence electrons. The van der Waals surface area contributed by atoms with Crippen molar-refractivity contribution in [2.24, 2.45) is 0 Å². The van der Waals surface area contributed by atoms with Gasteiger partial charge in [0.05, 0.1) is 7.14 Å². The van der Waals surface area contributed by atoms with Crippen molar-refractivity contribution in [1.29, 1.82) is 0 Å². The molecule has 0 fully saturated rings. The maximum atomic E-state index is 9.62. The Labute approximate surface area is 99.8 Å². The number of benzene rings is 1. The van der Waals surface area contributed by atoms with Crippen LogP contribution in [0.5, 0.6) is 5.75 Å². The molecule has 0 aliphatic carbocycles. The van der Waals surface area contributed by atoms with Crippen LogP contribution >= 0.6 is 45.2 Å². The van der Waals surface area contributed by atoms with Crippen molar-refractivity contribution in [1.82, 2.24) is 0 Å². The zero-order valence-electron chi connectivity index (χ0n) is 6.94. The summed E-state index contributed by atoms with van der Waals surface area (Å²) in [4.78, 5) is 0. The summed E-state index contributed by atoms with van der Waals surface area (Å²) in [6.07, 6.45) is 0. The molecule has 0 radical (unpaired) electrons. The Morgan fingerprint density at radius 2 is 1.83 bits per heavy atom. The lowest BCUT2D eigenvalue weighted by Crippen LogP contribution is -1.93. The summed E-state index contributed by atoms with van der Waals surface area (Å²) in [5.74, 6) is 0.891. The summed E-state index contributed by atoms with van der Waals surface area (Å²) in [5.41, 5.74) is 1.22. The van der Waals surface area contributed by atoms with Crippen LogP contribution in [0.4, 0.5) is 0 Å². The average molecular weight is 388 g/mol. The summed E-state index contributed by atoms with van der Waals surface area (Å²) in [7, 11) is 0. The van der Waals surface area contributed by atoms with Gasteiger partial charge in [-0.05, 0) is 62.7 Å². The second-order valence-electron chi connectivity index (χ2n) is 2.95. The highest BCUT2D eigenvalue weighted by Crippen LogP contribution is 2.32. The van der Waals surface area contributed by atoms with Gasteiger partial charge in [0.15, 0.2) is 0 Å². The molecule has 0 aromatic heterocycles. The molecule has 3 heteroatoms. The van der Waals surface area contributed by atoms with Gasteiger partial charge in [0, 0.05) is 0 Å². The molecule has 0 spiro atoms. The summed E-state index contributed by atoms with van der Waals surface area (Å²) < 4.78 is 1.90.